The van der Waals surface area contributed by atoms with Crippen molar-refractivity contribution in [3.8, 4) is 11.1 Å². The molecule has 1 fully saturated rings. The maximum atomic E-state index is 14.8. The third-order valence-corrected chi connectivity index (χ3v) is 8.39. The molecule has 194 valence electrons. The molecule has 3 rings (SSSR count). The van der Waals surface area contributed by atoms with Crippen molar-refractivity contribution in [3.05, 3.63) is 59.4 Å². The van der Waals surface area contributed by atoms with Crippen LogP contribution >= 0.6 is 0 Å². The molecule has 1 saturated carbocycles. The predicted octanol–water partition coefficient (Wildman–Crippen LogP) is 11.1. The largest absolute Gasteiger partial charge is 0.206 e. The summed E-state index contributed by atoms with van der Waals surface area (Å²) >= 11 is 0. The van der Waals surface area contributed by atoms with E-state index in [1.165, 1.54) is 102 Å². The highest BCUT2D eigenvalue weighted by Gasteiger charge is 2.20. The minimum atomic E-state index is -0.0778. The van der Waals surface area contributed by atoms with Crippen LogP contribution in [0.3, 0.4) is 0 Å². The summed E-state index contributed by atoms with van der Waals surface area (Å²) in [5.41, 5.74) is 4.26. The number of hydrogen-bond acceptors (Lipinski definition) is 0. The summed E-state index contributed by atoms with van der Waals surface area (Å²) < 4.78 is 14.8. The van der Waals surface area contributed by atoms with Crippen molar-refractivity contribution < 1.29 is 4.39 Å². The Hall–Kier alpha value is -1.63. The topological polar surface area (TPSA) is 0 Å². The average molecular weight is 479 g/mol. The van der Waals surface area contributed by atoms with Crippen molar-refractivity contribution in [2.45, 2.75) is 129 Å². The maximum absolute atomic E-state index is 14.8. The van der Waals surface area contributed by atoms with Crippen LogP contribution in [0.2, 0.25) is 0 Å². The van der Waals surface area contributed by atoms with E-state index in [2.05, 4.69) is 44.2 Å². The first-order chi connectivity index (χ1) is 17.2. The van der Waals surface area contributed by atoms with Crippen LogP contribution in [0, 0.1) is 17.7 Å². The van der Waals surface area contributed by atoms with Gasteiger partial charge in [-0.2, -0.15) is 0 Å². The van der Waals surface area contributed by atoms with Crippen molar-refractivity contribution in [3.63, 3.8) is 0 Å². The molecular weight excluding hydrogens is 427 g/mol. The molecule has 0 saturated heterocycles. The van der Waals surface area contributed by atoms with Crippen molar-refractivity contribution in [1.82, 2.24) is 0 Å². The van der Waals surface area contributed by atoms with Gasteiger partial charge in [-0.25, -0.2) is 4.39 Å². The molecule has 2 aromatic carbocycles. The molecule has 35 heavy (non-hydrogen) atoms. The maximum Gasteiger partial charge on any atom is 0.131 e. The van der Waals surface area contributed by atoms with Crippen molar-refractivity contribution in [1.29, 1.82) is 0 Å². The third kappa shape index (κ3) is 10.1. The zero-order valence-corrected chi connectivity index (χ0v) is 22.8. The lowest BCUT2D eigenvalue weighted by molar-refractivity contribution is 0.248. The fourth-order valence-corrected chi connectivity index (χ4v) is 5.95. The van der Waals surface area contributed by atoms with E-state index in [9.17, 15) is 4.39 Å². The second-order valence-electron chi connectivity index (χ2n) is 11.3. The average Bonchev–Trinajstić information content (AvgIpc) is 2.88. The van der Waals surface area contributed by atoms with Crippen LogP contribution in [-0.2, 0) is 12.8 Å². The fraction of sp³-hybridized carbons (Fsp3) is 0.647. The van der Waals surface area contributed by atoms with E-state index >= 15 is 0 Å². The van der Waals surface area contributed by atoms with E-state index in [1.807, 2.05) is 6.07 Å². The van der Waals surface area contributed by atoms with Gasteiger partial charge in [0.25, 0.3) is 0 Å². The minimum absolute atomic E-state index is 0.0778. The Balaban J connectivity index is 1.38. The molecule has 1 aliphatic rings. The van der Waals surface area contributed by atoms with Gasteiger partial charge >= 0.3 is 0 Å². The fourth-order valence-electron chi connectivity index (χ4n) is 5.95. The lowest BCUT2D eigenvalue weighted by Gasteiger charge is -2.28. The summed E-state index contributed by atoms with van der Waals surface area (Å²) in [5, 5.41) is 0. The molecule has 0 bridgehead atoms. The van der Waals surface area contributed by atoms with Gasteiger partial charge in [-0.05, 0) is 60.3 Å². The number of hydrogen-bond donors (Lipinski definition) is 0. The zero-order chi connectivity index (χ0) is 24.7. The van der Waals surface area contributed by atoms with Gasteiger partial charge in [0.15, 0.2) is 0 Å². The van der Waals surface area contributed by atoms with E-state index in [1.54, 1.807) is 6.07 Å². The van der Waals surface area contributed by atoms with Gasteiger partial charge in [0, 0.05) is 5.56 Å². The molecule has 1 heteroatoms. The first-order valence-electron chi connectivity index (χ1n) is 15.1. The molecule has 0 heterocycles. The molecule has 0 unspecified atom stereocenters. The number of halogens is 1. The molecular formula is C34H51F. The first kappa shape index (κ1) is 27.9. The zero-order valence-electron chi connectivity index (χ0n) is 22.8. The van der Waals surface area contributed by atoms with Crippen LogP contribution in [0.5, 0.6) is 0 Å². The van der Waals surface area contributed by atoms with Crippen molar-refractivity contribution in [2.24, 2.45) is 11.8 Å². The Kier molecular flexibility index (Phi) is 12.9. The molecule has 0 aromatic heterocycles. The first-order valence-corrected chi connectivity index (χ1v) is 15.1. The number of unbranched alkanes of at least 4 members (excludes halogenated alkanes) is 8. The summed E-state index contributed by atoms with van der Waals surface area (Å²) in [6, 6.07) is 14.5. The summed E-state index contributed by atoms with van der Waals surface area (Å²) in [4.78, 5) is 0. The van der Waals surface area contributed by atoms with Crippen LogP contribution in [-0.4, -0.2) is 0 Å². The van der Waals surface area contributed by atoms with E-state index in [-0.39, 0.29) is 5.82 Å². The molecule has 2 aromatic rings. The second-order valence-corrected chi connectivity index (χ2v) is 11.3. The quantitative estimate of drug-likeness (QED) is 0.210. The summed E-state index contributed by atoms with van der Waals surface area (Å²) in [5.74, 6) is 1.82. The van der Waals surface area contributed by atoms with Crippen LogP contribution in [0.4, 0.5) is 4.39 Å². The molecule has 0 nitrogen and oxygen atoms in total. The van der Waals surface area contributed by atoms with E-state index in [0.29, 0.717) is 0 Å². The lowest BCUT2D eigenvalue weighted by atomic mass is 9.77. The van der Waals surface area contributed by atoms with Gasteiger partial charge in [-0.1, -0.05) is 140 Å². The van der Waals surface area contributed by atoms with Crippen LogP contribution in [0.1, 0.15) is 128 Å². The lowest BCUT2D eigenvalue weighted by Crippen LogP contribution is -2.15. The SMILES string of the molecule is CCCCCCCc1ccc(-c2ccc(CC[C@H]3CC[C@H](CCCCCCC)CC3)cc2)c(F)c1. The van der Waals surface area contributed by atoms with Crippen molar-refractivity contribution >= 4 is 0 Å². The molecule has 0 radical (unpaired) electrons. The Morgan fingerprint density at radius 3 is 1.80 bits per heavy atom. The number of aryl methyl sites for hydroxylation is 2. The van der Waals surface area contributed by atoms with Crippen LogP contribution in [0.25, 0.3) is 11.1 Å². The Labute approximate surface area is 216 Å². The Bertz CT molecular complexity index is 813. The molecule has 1 aliphatic carbocycles. The Morgan fingerprint density at radius 1 is 0.600 bits per heavy atom. The van der Waals surface area contributed by atoms with Gasteiger partial charge in [0.2, 0.25) is 0 Å². The van der Waals surface area contributed by atoms with E-state index in [4.69, 9.17) is 0 Å². The summed E-state index contributed by atoms with van der Waals surface area (Å²) in [6.07, 6.45) is 24.0. The standard InChI is InChI=1S/C34H51F/c1-3-5-7-9-11-13-28-15-17-29(18-16-28)19-20-30-21-24-32(25-22-30)33-26-23-31(27-34(33)35)14-12-10-8-6-4-2/h21-29H,3-20H2,1-2H3/t28-,29-. The highest BCUT2D eigenvalue weighted by atomic mass is 19.1. The third-order valence-electron chi connectivity index (χ3n) is 8.39. The number of benzene rings is 2. The van der Waals surface area contributed by atoms with Gasteiger partial charge in [0.05, 0.1) is 0 Å². The van der Waals surface area contributed by atoms with E-state index in [0.717, 1.165) is 47.8 Å². The smallest absolute Gasteiger partial charge is 0.131 e. The summed E-state index contributed by atoms with van der Waals surface area (Å²) in [6.45, 7) is 4.54. The predicted molar refractivity (Wildman–Crippen MR) is 151 cm³/mol. The summed E-state index contributed by atoms with van der Waals surface area (Å²) in [7, 11) is 0. The second kappa shape index (κ2) is 16.2. The normalized spacial score (nSPS) is 18.1. The highest BCUT2D eigenvalue weighted by molar-refractivity contribution is 5.64. The van der Waals surface area contributed by atoms with Gasteiger partial charge in [-0.3, -0.25) is 0 Å². The van der Waals surface area contributed by atoms with Gasteiger partial charge in [-0.15, -0.1) is 0 Å². The van der Waals surface area contributed by atoms with Crippen LogP contribution in [0.15, 0.2) is 42.5 Å². The monoisotopic (exact) mass is 478 g/mol. The number of rotatable bonds is 16. The highest BCUT2D eigenvalue weighted by Crippen LogP contribution is 2.34. The molecule has 0 N–H and O–H groups in total. The molecule has 0 amide bonds. The minimum Gasteiger partial charge on any atom is -0.206 e. The molecule has 0 atom stereocenters. The van der Waals surface area contributed by atoms with Gasteiger partial charge in [0.1, 0.15) is 5.82 Å². The van der Waals surface area contributed by atoms with E-state index < -0.39 is 0 Å². The molecule has 0 aliphatic heterocycles. The molecule has 0 spiro atoms. The van der Waals surface area contributed by atoms with Gasteiger partial charge < -0.3 is 0 Å². The Morgan fingerprint density at radius 2 is 1.17 bits per heavy atom. The van der Waals surface area contributed by atoms with Crippen molar-refractivity contribution in [2.75, 3.05) is 0 Å². The van der Waals surface area contributed by atoms with Crippen LogP contribution < -0.4 is 0 Å².